The summed E-state index contributed by atoms with van der Waals surface area (Å²) in [5.74, 6) is 1.09. The monoisotopic (exact) mass is 443 g/mol. The zero-order chi connectivity index (χ0) is 22.2. The van der Waals surface area contributed by atoms with Crippen LogP contribution in [0.2, 0.25) is 0 Å². The van der Waals surface area contributed by atoms with Crippen LogP contribution in [0.4, 0.5) is 11.4 Å². The molecule has 2 aromatic carbocycles. The molecule has 9 heteroatoms. The van der Waals surface area contributed by atoms with Gasteiger partial charge >= 0.3 is 0 Å². The maximum Gasteiger partial charge on any atom is 0.258 e. The Balaban J connectivity index is 0.000000860. The van der Waals surface area contributed by atoms with Crippen molar-refractivity contribution in [3.8, 4) is 22.8 Å². The molecule has 174 valence electrons. The molecule has 4 rings (SSSR count). The van der Waals surface area contributed by atoms with Crippen LogP contribution in [0.5, 0.6) is 0 Å². The zero-order valence-electron chi connectivity index (χ0n) is 19.1. The van der Waals surface area contributed by atoms with E-state index in [-0.39, 0.29) is 12.1 Å². The predicted octanol–water partition coefficient (Wildman–Crippen LogP) is 3.22. The quantitative estimate of drug-likeness (QED) is 0.475. The Morgan fingerprint density at radius 1 is 1.09 bits per heavy atom. The number of ether oxygens (including phenoxy) is 1. The summed E-state index contributed by atoms with van der Waals surface area (Å²) in [5.41, 5.74) is 11.5. The van der Waals surface area contributed by atoms with Crippen molar-refractivity contribution in [1.29, 1.82) is 0 Å². The number of anilines is 2. The third kappa shape index (κ3) is 6.04. The first-order valence-electron chi connectivity index (χ1n) is 10.6. The normalized spacial score (nSPS) is 12.0. The first-order chi connectivity index (χ1) is 15.1. The van der Waals surface area contributed by atoms with Gasteiger partial charge in [-0.25, -0.2) is 0 Å². The van der Waals surface area contributed by atoms with E-state index in [1.54, 1.807) is 6.92 Å². The number of nitrogens with zero attached hydrogens (tertiary/aromatic N) is 3. The summed E-state index contributed by atoms with van der Waals surface area (Å²) in [6.07, 6.45) is 0.898. The number of aromatic nitrogens is 2. The third-order valence-electron chi connectivity index (χ3n) is 4.71. The van der Waals surface area contributed by atoms with Crippen LogP contribution in [0, 0.1) is 0 Å². The fraction of sp³-hybridized carbons (Fsp3) is 0.391. The van der Waals surface area contributed by atoms with Gasteiger partial charge in [0.25, 0.3) is 5.89 Å². The van der Waals surface area contributed by atoms with Gasteiger partial charge in [-0.3, -0.25) is 5.01 Å². The molecule has 9 nitrogen and oxygen atoms in total. The van der Waals surface area contributed by atoms with Gasteiger partial charge < -0.3 is 25.3 Å². The van der Waals surface area contributed by atoms with Crippen LogP contribution < -0.4 is 16.0 Å². The Labute approximate surface area is 188 Å². The van der Waals surface area contributed by atoms with Crippen molar-refractivity contribution in [3.05, 3.63) is 48.0 Å². The Morgan fingerprint density at radius 2 is 1.78 bits per heavy atom. The molecule has 0 saturated heterocycles. The van der Waals surface area contributed by atoms with E-state index in [4.69, 9.17) is 14.4 Å². The Morgan fingerprint density at radius 3 is 2.44 bits per heavy atom. The molecule has 0 amide bonds. The molecule has 32 heavy (non-hydrogen) atoms. The molecule has 1 aliphatic rings. The van der Waals surface area contributed by atoms with Crippen molar-refractivity contribution in [1.82, 2.24) is 15.7 Å². The van der Waals surface area contributed by atoms with Crippen LogP contribution in [0.25, 0.3) is 22.8 Å². The van der Waals surface area contributed by atoms with Gasteiger partial charge in [0.05, 0.1) is 18.0 Å². The molecule has 0 bridgehead atoms. The van der Waals surface area contributed by atoms with Crippen LogP contribution in [-0.4, -0.2) is 46.6 Å². The Hall–Kier alpha value is -2.98. The SMILES string of the molecule is CCO.CCOCCc1ccc(-c2noc(-c3ccc4c(c3)NNN4C(C)C)n2)cc1.O. The van der Waals surface area contributed by atoms with E-state index in [0.717, 1.165) is 42.1 Å². The second-order valence-electron chi connectivity index (χ2n) is 7.32. The minimum Gasteiger partial charge on any atom is -0.412 e. The topological polar surface area (TPSA) is 127 Å². The Kier molecular flexibility index (Phi) is 9.61. The van der Waals surface area contributed by atoms with E-state index in [0.29, 0.717) is 17.8 Å². The third-order valence-corrected chi connectivity index (χ3v) is 4.71. The summed E-state index contributed by atoms with van der Waals surface area (Å²) >= 11 is 0. The lowest BCUT2D eigenvalue weighted by Crippen LogP contribution is -2.41. The van der Waals surface area contributed by atoms with Crippen LogP contribution in [0.1, 0.15) is 33.3 Å². The molecule has 0 fully saturated rings. The summed E-state index contributed by atoms with van der Waals surface area (Å²) in [5, 5.41) is 13.8. The fourth-order valence-electron chi connectivity index (χ4n) is 3.18. The maximum absolute atomic E-state index is 7.57. The van der Waals surface area contributed by atoms with Gasteiger partial charge in [-0.15, -0.1) is 5.53 Å². The van der Waals surface area contributed by atoms with Crippen LogP contribution in [0.3, 0.4) is 0 Å². The number of fused-ring (bicyclic) bond motifs is 1. The van der Waals surface area contributed by atoms with Crippen molar-refractivity contribution in [2.24, 2.45) is 0 Å². The highest BCUT2D eigenvalue weighted by molar-refractivity contribution is 5.78. The standard InChI is InChI=1S/C21H25N5O2.C2H6O.H2O/c1-4-27-12-11-15-5-7-16(8-6-15)20-22-21(28-24-20)17-9-10-19-18(13-17)23-25-26(19)14(2)3;1-2-3;/h5-10,13-14,23,25H,4,11-12H2,1-3H3;3H,2H2,1H3;1H2. The van der Waals surface area contributed by atoms with Crippen molar-refractivity contribution < 1.29 is 19.8 Å². The van der Waals surface area contributed by atoms with Gasteiger partial charge in [-0.05, 0) is 57.9 Å². The van der Waals surface area contributed by atoms with Crippen LogP contribution in [-0.2, 0) is 11.2 Å². The van der Waals surface area contributed by atoms with Gasteiger partial charge in [0.15, 0.2) is 0 Å². The number of hydrazine groups is 2. The number of nitrogens with one attached hydrogen (secondary N) is 2. The molecule has 2 heterocycles. The number of aliphatic hydroxyl groups excluding tert-OH is 1. The van der Waals surface area contributed by atoms with Crippen molar-refractivity contribution in [2.45, 2.75) is 40.2 Å². The summed E-state index contributed by atoms with van der Waals surface area (Å²) in [6, 6.07) is 14.6. The van der Waals surface area contributed by atoms with Crippen molar-refractivity contribution in [2.75, 3.05) is 30.3 Å². The highest BCUT2D eigenvalue weighted by atomic mass is 16.5. The van der Waals surface area contributed by atoms with Crippen molar-refractivity contribution in [3.63, 3.8) is 0 Å². The molecule has 0 saturated carbocycles. The molecule has 1 aromatic heterocycles. The molecule has 3 aromatic rings. The molecular weight excluding hydrogens is 410 g/mol. The first kappa shape index (κ1) is 25.3. The highest BCUT2D eigenvalue weighted by Crippen LogP contribution is 2.34. The van der Waals surface area contributed by atoms with Gasteiger partial charge in [0, 0.05) is 30.4 Å². The predicted molar refractivity (Wildman–Crippen MR) is 126 cm³/mol. The number of benzene rings is 2. The average molecular weight is 444 g/mol. The van der Waals surface area contributed by atoms with E-state index >= 15 is 0 Å². The number of rotatable bonds is 7. The molecule has 0 atom stereocenters. The average Bonchev–Trinajstić information content (AvgIpc) is 3.42. The van der Waals surface area contributed by atoms with E-state index in [2.05, 4.69) is 58.2 Å². The molecule has 0 aliphatic carbocycles. The summed E-state index contributed by atoms with van der Waals surface area (Å²) < 4.78 is 10.9. The maximum atomic E-state index is 7.57. The van der Waals surface area contributed by atoms with E-state index in [1.165, 1.54) is 5.56 Å². The van der Waals surface area contributed by atoms with Gasteiger partial charge in [-0.2, -0.15) is 4.98 Å². The van der Waals surface area contributed by atoms with Gasteiger partial charge in [0.2, 0.25) is 5.82 Å². The second-order valence-corrected chi connectivity index (χ2v) is 7.32. The largest absolute Gasteiger partial charge is 0.412 e. The molecule has 0 radical (unpaired) electrons. The molecule has 5 N–H and O–H groups in total. The first-order valence-corrected chi connectivity index (χ1v) is 10.6. The van der Waals surface area contributed by atoms with Crippen LogP contribution >= 0.6 is 0 Å². The Bertz CT molecular complexity index is 959. The second kappa shape index (κ2) is 12.2. The van der Waals surface area contributed by atoms with E-state index < -0.39 is 0 Å². The number of hydrogen-bond donors (Lipinski definition) is 3. The van der Waals surface area contributed by atoms with E-state index in [9.17, 15) is 0 Å². The molecular formula is C23H33N5O4. The van der Waals surface area contributed by atoms with Crippen molar-refractivity contribution >= 4 is 11.4 Å². The lowest BCUT2D eigenvalue weighted by Gasteiger charge is -2.21. The van der Waals surface area contributed by atoms with Crippen LogP contribution in [0.15, 0.2) is 47.0 Å². The fourth-order valence-corrected chi connectivity index (χ4v) is 3.18. The van der Waals surface area contributed by atoms with Gasteiger partial charge in [0.1, 0.15) is 0 Å². The summed E-state index contributed by atoms with van der Waals surface area (Å²) in [4.78, 5) is 4.57. The van der Waals surface area contributed by atoms with Gasteiger partial charge in [-0.1, -0.05) is 29.4 Å². The lowest BCUT2D eigenvalue weighted by atomic mass is 10.1. The molecule has 0 unspecified atom stereocenters. The zero-order valence-corrected chi connectivity index (χ0v) is 19.1. The number of hydrogen-bond acceptors (Lipinski definition) is 8. The lowest BCUT2D eigenvalue weighted by molar-refractivity contribution is 0.151. The summed E-state index contributed by atoms with van der Waals surface area (Å²) in [7, 11) is 0. The molecule has 0 spiro atoms. The summed E-state index contributed by atoms with van der Waals surface area (Å²) in [6.45, 7) is 9.67. The number of aliphatic hydroxyl groups is 1. The smallest absolute Gasteiger partial charge is 0.258 e. The van der Waals surface area contributed by atoms with E-state index in [1.807, 2.05) is 31.2 Å². The highest BCUT2D eigenvalue weighted by Gasteiger charge is 2.22. The molecule has 1 aliphatic heterocycles. The minimum atomic E-state index is 0. The minimum absolute atomic E-state index is 0.